The Balaban J connectivity index is 2.02. The normalized spacial score (nSPS) is 19.2. The van der Waals surface area contributed by atoms with E-state index in [2.05, 4.69) is 15.3 Å². The Morgan fingerprint density at radius 2 is 1.47 bits per heavy atom. The van der Waals surface area contributed by atoms with Gasteiger partial charge in [0.2, 0.25) is 5.91 Å². The summed E-state index contributed by atoms with van der Waals surface area (Å²) in [6.07, 6.45) is -17.0. The monoisotopic (exact) mass is 497 g/mol. The first-order valence-electron chi connectivity index (χ1n) is 9.64. The second-order valence-corrected chi connectivity index (χ2v) is 7.75. The fourth-order valence-corrected chi connectivity index (χ4v) is 3.51. The molecule has 184 valence electrons. The molecule has 34 heavy (non-hydrogen) atoms. The first kappa shape index (κ1) is 25.5. The lowest BCUT2D eigenvalue weighted by molar-refractivity contribution is -0.185. The predicted molar refractivity (Wildman–Crippen MR) is 102 cm³/mol. The molecule has 0 saturated carbocycles. The van der Waals surface area contributed by atoms with Gasteiger partial charge in [0.25, 0.3) is 0 Å². The van der Waals surface area contributed by atoms with Gasteiger partial charge < -0.3 is 5.32 Å². The van der Waals surface area contributed by atoms with Crippen molar-refractivity contribution in [2.75, 3.05) is 6.54 Å². The van der Waals surface area contributed by atoms with E-state index < -0.39 is 53.9 Å². The molecule has 2 heterocycles. The lowest BCUT2D eigenvalue weighted by atomic mass is 9.76. The minimum atomic E-state index is -5.39. The zero-order valence-corrected chi connectivity index (χ0v) is 17.3. The van der Waals surface area contributed by atoms with Crippen molar-refractivity contribution in [2.24, 2.45) is 4.99 Å². The third kappa shape index (κ3) is 5.17. The standard InChI is InChI=1S/C21H16F9N3O/c1-11(34)31-9-12-2-4-13(5-3-12)15-8-18(10-32-15,21(28,29)30)14-6-16(19(22,23)24)33-17(7-14)20(25,26)27/h2-7H,8-10H2,1H3,(H,31,34). The molecule has 1 aromatic carbocycles. The zero-order chi connectivity index (χ0) is 25.5. The molecule has 3 rings (SSSR count). The van der Waals surface area contributed by atoms with Crippen LogP contribution in [0.25, 0.3) is 0 Å². The summed E-state index contributed by atoms with van der Waals surface area (Å²) in [6, 6.07) is 5.85. The van der Waals surface area contributed by atoms with Crippen LogP contribution in [0.3, 0.4) is 0 Å². The quantitative estimate of drug-likeness (QED) is 0.572. The number of halogens is 9. The largest absolute Gasteiger partial charge is 0.433 e. The molecule has 1 aliphatic heterocycles. The number of aromatic nitrogens is 1. The van der Waals surface area contributed by atoms with E-state index in [1.54, 1.807) is 0 Å². The maximum Gasteiger partial charge on any atom is 0.433 e. The van der Waals surface area contributed by atoms with Gasteiger partial charge in [-0.05, 0) is 28.8 Å². The Labute approximate surface area is 186 Å². The smallest absolute Gasteiger partial charge is 0.352 e. The number of benzene rings is 1. The molecule has 0 bridgehead atoms. The molecule has 1 N–H and O–H groups in total. The summed E-state index contributed by atoms with van der Waals surface area (Å²) in [7, 11) is 0. The van der Waals surface area contributed by atoms with Gasteiger partial charge in [0.05, 0.1) is 6.54 Å². The molecule has 1 atom stereocenters. The van der Waals surface area contributed by atoms with Crippen molar-refractivity contribution in [3.63, 3.8) is 0 Å². The van der Waals surface area contributed by atoms with Crippen LogP contribution in [0, 0.1) is 0 Å². The summed E-state index contributed by atoms with van der Waals surface area (Å²) >= 11 is 0. The number of alkyl halides is 9. The number of hydrogen-bond donors (Lipinski definition) is 1. The van der Waals surface area contributed by atoms with Crippen LogP contribution < -0.4 is 5.32 Å². The highest BCUT2D eigenvalue weighted by atomic mass is 19.4. The summed E-state index contributed by atoms with van der Waals surface area (Å²) < 4.78 is 122. The molecule has 0 radical (unpaired) electrons. The lowest BCUT2D eigenvalue weighted by Gasteiger charge is -2.32. The Bertz CT molecular complexity index is 1070. The molecule has 1 aliphatic rings. The minimum absolute atomic E-state index is 0.00226. The van der Waals surface area contributed by atoms with Crippen LogP contribution in [0.15, 0.2) is 41.4 Å². The fraction of sp³-hybridized carbons (Fsp3) is 0.381. The lowest BCUT2D eigenvalue weighted by Crippen LogP contribution is -2.44. The average Bonchev–Trinajstić information content (AvgIpc) is 3.18. The van der Waals surface area contributed by atoms with Crippen LogP contribution >= 0.6 is 0 Å². The summed E-state index contributed by atoms with van der Waals surface area (Å²) in [6.45, 7) is 0.371. The number of aliphatic imine (C=N–C) groups is 1. The van der Waals surface area contributed by atoms with E-state index >= 15 is 0 Å². The van der Waals surface area contributed by atoms with E-state index in [1.165, 1.54) is 31.2 Å². The molecule has 1 aromatic heterocycles. The first-order chi connectivity index (χ1) is 15.5. The van der Waals surface area contributed by atoms with Crippen LogP contribution in [0.2, 0.25) is 0 Å². The molecule has 13 heteroatoms. The second-order valence-electron chi connectivity index (χ2n) is 7.75. The minimum Gasteiger partial charge on any atom is -0.352 e. The van der Waals surface area contributed by atoms with Gasteiger partial charge in [-0.3, -0.25) is 9.79 Å². The number of amides is 1. The second kappa shape index (κ2) is 8.58. The maximum atomic E-state index is 14.2. The van der Waals surface area contributed by atoms with Crippen molar-refractivity contribution < 1.29 is 44.3 Å². The number of rotatable bonds is 4. The number of carbonyl (C=O) groups excluding carboxylic acids is 1. The Hall–Kier alpha value is -3.12. The molecule has 1 amide bonds. The molecular formula is C21H16F9N3O. The van der Waals surface area contributed by atoms with Crippen LogP contribution in [-0.2, 0) is 29.1 Å². The number of carbonyl (C=O) groups is 1. The molecular weight excluding hydrogens is 481 g/mol. The highest BCUT2D eigenvalue weighted by molar-refractivity contribution is 6.03. The molecule has 0 aliphatic carbocycles. The van der Waals surface area contributed by atoms with E-state index in [0.717, 1.165) is 0 Å². The number of hydrogen-bond acceptors (Lipinski definition) is 3. The van der Waals surface area contributed by atoms with E-state index in [-0.39, 0.29) is 35.9 Å². The van der Waals surface area contributed by atoms with Gasteiger partial charge in [-0.2, -0.15) is 39.5 Å². The van der Waals surface area contributed by atoms with Gasteiger partial charge >= 0.3 is 18.5 Å². The van der Waals surface area contributed by atoms with E-state index in [1.807, 2.05) is 0 Å². The van der Waals surface area contributed by atoms with Crippen molar-refractivity contribution in [1.29, 1.82) is 0 Å². The van der Waals surface area contributed by atoms with Gasteiger partial charge in [-0.25, -0.2) is 4.98 Å². The predicted octanol–water partition coefficient (Wildman–Crippen LogP) is 5.45. The molecule has 0 fully saturated rings. The molecule has 0 spiro atoms. The SMILES string of the molecule is CC(=O)NCc1ccc(C2=NCC(c3cc(C(F)(F)F)nc(C(F)(F)F)c3)(C(F)(F)F)C2)cc1. The number of pyridine rings is 1. The Morgan fingerprint density at radius 3 is 1.91 bits per heavy atom. The molecule has 4 nitrogen and oxygen atoms in total. The Kier molecular flexibility index (Phi) is 6.44. The molecule has 1 unspecified atom stereocenters. The van der Waals surface area contributed by atoms with Crippen LogP contribution in [0.5, 0.6) is 0 Å². The van der Waals surface area contributed by atoms with Crippen molar-refractivity contribution in [3.05, 3.63) is 64.5 Å². The van der Waals surface area contributed by atoms with Gasteiger partial charge in [0, 0.05) is 25.6 Å². The van der Waals surface area contributed by atoms with E-state index in [9.17, 15) is 44.3 Å². The van der Waals surface area contributed by atoms with E-state index in [0.29, 0.717) is 5.56 Å². The Morgan fingerprint density at radius 1 is 0.941 bits per heavy atom. The maximum absolute atomic E-state index is 14.2. The highest BCUT2D eigenvalue weighted by Gasteiger charge is 2.59. The summed E-state index contributed by atoms with van der Waals surface area (Å²) in [5.41, 5.74) is -7.73. The van der Waals surface area contributed by atoms with Crippen molar-refractivity contribution in [3.8, 4) is 0 Å². The van der Waals surface area contributed by atoms with Crippen molar-refractivity contribution >= 4 is 11.6 Å². The molecule has 2 aromatic rings. The average molecular weight is 497 g/mol. The third-order valence-electron chi connectivity index (χ3n) is 5.34. The van der Waals surface area contributed by atoms with Gasteiger partial charge in [-0.1, -0.05) is 24.3 Å². The molecule has 0 saturated heterocycles. The van der Waals surface area contributed by atoms with Gasteiger partial charge in [0.1, 0.15) is 16.8 Å². The van der Waals surface area contributed by atoms with Crippen molar-refractivity contribution in [2.45, 2.75) is 43.8 Å². The van der Waals surface area contributed by atoms with Gasteiger partial charge in [-0.15, -0.1) is 0 Å². The topological polar surface area (TPSA) is 54.4 Å². The summed E-state index contributed by atoms with van der Waals surface area (Å²) in [5, 5.41) is 2.53. The number of nitrogens with zero attached hydrogens (tertiary/aromatic N) is 2. The highest BCUT2D eigenvalue weighted by Crippen LogP contribution is 2.49. The van der Waals surface area contributed by atoms with Crippen LogP contribution in [-0.4, -0.2) is 29.3 Å². The zero-order valence-electron chi connectivity index (χ0n) is 17.3. The number of nitrogens with one attached hydrogen (secondary N) is 1. The first-order valence-corrected chi connectivity index (χ1v) is 9.64. The van der Waals surface area contributed by atoms with Crippen LogP contribution in [0.1, 0.15) is 41.4 Å². The summed E-state index contributed by atoms with van der Waals surface area (Å²) in [4.78, 5) is 17.3. The van der Waals surface area contributed by atoms with E-state index in [4.69, 9.17) is 0 Å². The third-order valence-corrected chi connectivity index (χ3v) is 5.34. The van der Waals surface area contributed by atoms with Gasteiger partial charge in [0.15, 0.2) is 0 Å². The van der Waals surface area contributed by atoms with Crippen molar-refractivity contribution in [1.82, 2.24) is 10.3 Å². The van der Waals surface area contributed by atoms with Crippen LogP contribution in [0.4, 0.5) is 39.5 Å². The summed E-state index contributed by atoms with van der Waals surface area (Å²) in [5.74, 6) is -0.298. The fourth-order valence-electron chi connectivity index (χ4n) is 3.51.